The Balaban J connectivity index is 2.38. The molecule has 16 heavy (non-hydrogen) atoms. The van der Waals surface area contributed by atoms with Gasteiger partial charge in [0.25, 0.3) is 5.91 Å². The highest BCUT2D eigenvalue weighted by Crippen LogP contribution is 2.35. The zero-order chi connectivity index (χ0) is 11.7. The summed E-state index contributed by atoms with van der Waals surface area (Å²) in [4.78, 5) is 11.1. The van der Waals surface area contributed by atoms with Crippen LogP contribution >= 0.6 is 0 Å². The third kappa shape index (κ3) is 1.90. The number of aryl methyl sites for hydroxylation is 1. The molecule has 3 heteroatoms. The smallest absolute Gasteiger partial charge is 0.258 e. The van der Waals surface area contributed by atoms with E-state index in [0.717, 1.165) is 17.7 Å². The van der Waals surface area contributed by atoms with Crippen LogP contribution in [0.15, 0.2) is 18.2 Å². The average Bonchev–Trinajstić information content (AvgIpc) is 2.27. The van der Waals surface area contributed by atoms with Gasteiger partial charge in [0.1, 0.15) is 5.75 Å². The Labute approximate surface area is 95.6 Å². The molecule has 1 aromatic rings. The van der Waals surface area contributed by atoms with Crippen molar-refractivity contribution in [3.8, 4) is 5.75 Å². The minimum absolute atomic E-state index is 0.371. The molecule has 86 valence electrons. The van der Waals surface area contributed by atoms with Crippen molar-refractivity contribution in [2.24, 2.45) is 5.73 Å². The van der Waals surface area contributed by atoms with E-state index in [2.05, 4.69) is 19.9 Å². The quantitative estimate of drug-likeness (QED) is 0.827. The van der Waals surface area contributed by atoms with Crippen molar-refractivity contribution in [3.05, 3.63) is 29.3 Å². The second-order valence-electron chi connectivity index (χ2n) is 4.54. The molecule has 2 N–H and O–H groups in total. The van der Waals surface area contributed by atoms with Crippen molar-refractivity contribution in [2.45, 2.75) is 38.7 Å². The van der Waals surface area contributed by atoms with Crippen molar-refractivity contribution in [1.82, 2.24) is 0 Å². The number of rotatable bonds is 2. The van der Waals surface area contributed by atoms with E-state index in [0.29, 0.717) is 12.3 Å². The third-order valence-corrected chi connectivity index (χ3v) is 3.00. The Morgan fingerprint density at radius 1 is 1.50 bits per heavy atom. The molecule has 0 aliphatic carbocycles. The number of carbonyl (C=O) groups excluding carboxylic acids is 1. The van der Waals surface area contributed by atoms with Crippen LogP contribution in [0, 0.1) is 0 Å². The molecule has 1 heterocycles. The Morgan fingerprint density at radius 2 is 2.25 bits per heavy atom. The van der Waals surface area contributed by atoms with Crippen LogP contribution in [0.5, 0.6) is 5.75 Å². The van der Waals surface area contributed by atoms with E-state index in [-0.39, 0.29) is 5.91 Å². The van der Waals surface area contributed by atoms with Gasteiger partial charge < -0.3 is 10.5 Å². The molecule has 1 atom stereocenters. The maximum atomic E-state index is 11.1. The number of benzene rings is 1. The Kier molecular flexibility index (Phi) is 2.86. The van der Waals surface area contributed by atoms with E-state index in [1.807, 2.05) is 12.1 Å². The van der Waals surface area contributed by atoms with Gasteiger partial charge in [-0.25, -0.2) is 0 Å². The summed E-state index contributed by atoms with van der Waals surface area (Å²) in [5, 5.41) is 0. The van der Waals surface area contributed by atoms with Crippen LogP contribution in [0.3, 0.4) is 0 Å². The number of hydrogen-bond acceptors (Lipinski definition) is 2. The zero-order valence-electron chi connectivity index (χ0n) is 9.69. The number of carbonyl (C=O) groups is 1. The van der Waals surface area contributed by atoms with Crippen LogP contribution in [-0.4, -0.2) is 12.0 Å². The number of fused-ring (bicyclic) bond motifs is 1. The molecule has 1 aliphatic heterocycles. The van der Waals surface area contributed by atoms with Gasteiger partial charge in [-0.3, -0.25) is 4.79 Å². The predicted molar refractivity (Wildman–Crippen MR) is 62.5 cm³/mol. The predicted octanol–water partition coefficient (Wildman–Crippen LogP) is 1.99. The highest BCUT2D eigenvalue weighted by atomic mass is 16.5. The number of para-hydroxylation sites is 1. The number of primary amides is 1. The molecular weight excluding hydrogens is 202 g/mol. The van der Waals surface area contributed by atoms with Gasteiger partial charge in [0.15, 0.2) is 6.10 Å². The molecule has 0 fully saturated rings. The van der Waals surface area contributed by atoms with Gasteiger partial charge in [0, 0.05) is 0 Å². The fourth-order valence-electron chi connectivity index (χ4n) is 2.09. The molecule has 1 aliphatic rings. The normalized spacial score (nSPS) is 19.1. The zero-order valence-corrected chi connectivity index (χ0v) is 9.69. The first-order chi connectivity index (χ1) is 7.59. The number of nitrogens with two attached hydrogens (primary N) is 1. The number of hydrogen-bond donors (Lipinski definition) is 1. The highest BCUT2D eigenvalue weighted by molar-refractivity contribution is 5.79. The molecule has 2 rings (SSSR count). The molecular formula is C13H17NO2. The van der Waals surface area contributed by atoms with Crippen LogP contribution in [0.4, 0.5) is 0 Å². The fraction of sp³-hybridized carbons (Fsp3) is 0.462. The Morgan fingerprint density at radius 3 is 2.88 bits per heavy atom. The topological polar surface area (TPSA) is 52.3 Å². The van der Waals surface area contributed by atoms with Crippen LogP contribution in [0.1, 0.15) is 37.3 Å². The molecule has 0 saturated heterocycles. The van der Waals surface area contributed by atoms with E-state index in [1.165, 1.54) is 5.56 Å². The lowest BCUT2D eigenvalue weighted by Gasteiger charge is -2.27. The first-order valence-corrected chi connectivity index (χ1v) is 5.67. The number of amides is 1. The largest absolute Gasteiger partial charge is 0.480 e. The van der Waals surface area contributed by atoms with Crippen LogP contribution < -0.4 is 10.5 Å². The lowest BCUT2D eigenvalue weighted by molar-refractivity contribution is -0.125. The summed E-state index contributed by atoms with van der Waals surface area (Å²) in [5.41, 5.74) is 7.63. The van der Waals surface area contributed by atoms with E-state index in [1.54, 1.807) is 0 Å². The van der Waals surface area contributed by atoms with E-state index in [9.17, 15) is 4.79 Å². The van der Waals surface area contributed by atoms with Gasteiger partial charge in [0.2, 0.25) is 0 Å². The van der Waals surface area contributed by atoms with E-state index in [4.69, 9.17) is 10.5 Å². The molecule has 0 saturated carbocycles. The van der Waals surface area contributed by atoms with Gasteiger partial charge in [0.05, 0.1) is 0 Å². The fourth-order valence-corrected chi connectivity index (χ4v) is 2.09. The Bertz CT molecular complexity index is 412. The van der Waals surface area contributed by atoms with Crippen LogP contribution in [0.25, 0.3) is 0 Å². The van der Waals surface area contributed by atoms with Crippen molar-refractivity contribution < 1.29 is 9.53 Å². The second-order valence-corrected chi connectivity index (χ2v) is 4.54. The number of ether oxygens (including phenoxy) is 1. The van der Waals surface area contributed by atoms with Gasteiger partial charge >= 0.3 is 0 Å². The molecule has 1 unspecified atom stereocenters. The second kappa shape index (κ2) is 4.16. The summed E-state index contributed by atoms with van der Waals surface area (Å²) >= 11 is 0. The van der Waals surface area contributed by atoms with Gasteiger partial charge in [-0.2, -0.15) is 0 Å². The summed E-state index contributed by atoms with van der Waals surface area (Å²) in [5.74, 6) is 0.887. The van der Waals surface area contributed by atoms with Crippen molar-refractivity contribution in [1.29, 1.82) is 0 Å². The van der Waals surface area contributed by atoms with E-state index >= 15 is 0 Å². The first-order valence-electron chi connectivity index (χ1n) is 5.67. The van der Waals surface area contributed by atoms with Gasteiger partial charge in [-0.15, -0.1) is 0 Å². The van der Waals surface area contributed by atoms with Gasteiger partial charge in [-0.1, -0.05) is 32.0 Å². The minimum atomic E-state index is -0.465. The first kappa shape index (κ1) is 11.0. The standard InChI is InChI=1S/C13H17NO2/c1-8(2)10-5-3-4-9-6-7-11(13(14)15)16-12(9)10/h3-5,8,11H,6-7H2,1-2H3,(H2,14,15). The monoisotopic (exact) mass is 219 g/mol. The summed E-state index contributed by atoms with van der Waals surface area (Å²) in [6.07, 6.45) is 1.08. The average molecular weight is 219 g/mol. The molecule has 1 amide bonds. The van der Waals surface area contributed by atoms with Gasteiger partial charge in [-0.05, 0) is 29.9 Å². The lowest BCUT2D eigenvalue weighted by Crippen LogP contribution is -2.36. The molecule has 1 aromatic carbocycles. The Hall–Kier alpha value is -1.51. The van der Waals surface area contributed by atoms with Crippen LogP contribution in [0.2, 0.25) is 0 Å². The van der Waals surface area contributed by atoms with Crippen LogP contribution in [-0.2, 0) is 11.2 Å². The van der Waals surface area contributed by atoms with E-state index < -0.39 is 6.10 Å². The third-order valence-electron chi connectivity index (χ3n) is 3.00. The summed E-state index contributed by atoms with van der Waals surface area (Å²) in [7, 11) is 0. The molecule has 0 spiro atoms. The van der Waals surface area contributed by atoms with Crippen molar-refractivity contribution >= 4 is 5.91 Å². The SMILES string of the molecule is CC(C)c1cccc2c1OC(C(N)=O)CC2. The van der Waals surface area contributed by atoms with Crippen molar-refractivity contribution in [3.63, 3.8) is 0 Å². The highest BCUT2D eigenvalue weighted by Gasteiger charge is 2.26. The maximum Gasteiger partial charge on any atom is 0.258 e. The molecule has 0 aromatic heterocycles. The molecule has 0 bridgehead atoms. The van der Waals surface area contributed by atoms with Crippen molar-refractivity contribution in [2.75, 3.05) is 0 Å². The summed E-state index contributed by atoms with van der Waals surface area (Å²) in [6, 6.07) is 6.15. The maximum absolute atomic E-state index is 11.1. The minimum Gasteiger partial charge on any atom is -0.480 e. The molecule has 3 nitrogen and oxygen atoms in total. The molecule has 0 radical (unpaired) electrons. The summed E-state index contributed by atoms with van der Waals surface area (Å²) in [6.45, 7) is 4.24. The summed E-state index contributed by atoms with van der Waals surface area (Å²) < 4.78 is 5.71. The lowest BCUT2D eigenvalue weighted by atomic mass is 9.94.